The molecule has 0 heterocycles. The first kappa shape index (κ1) is 23.9. The molecule has 1 unspecified atom stereocenters. The first-order valence-corrected chi connectivity index (χ1v) is 8.10. The lowest BCUT2D eigenvalue weighted by molar-refractivity contribution is 0.233. The summed E-state index contributed by atoms with van der Waals surface area (Å²) in [4.78, 5) is 9.66. The maximum absolute atomic E-state index is 11.8. The van der Waals surface area contributed by atoms with E-state index >= 15 is 0 Å². The van der Waals surface area contributed by atoms with E-state index in [1.165, 1.54) is 0 Å². The lowest BCUT2D eigenvalue weighted by atomic mass is 10.2. The Bertz CT molecular complexity index is 567. The molecule has 0 spiro atoms. The van der Waals surface area contributed by atoms with Crippen LogP contribution in [0.25, 0.3) is 0 Å². The summed E-state index contributed by atoms with van der Waals surface area (Å²) in [6.07, 6.45) is 0.253. The lowest BCUT2D eigenvalue weighted by Crippen LogP contribution is -2.04. The molecule has 0 aliphatic rings. The molecule has 8 heteroatoms. The largest absolute Gasteiger partial charge is 0.481 e. The Balaban J connectivity index is 0. The van der Waals surface area contributed by atoms with E-state index in [4.69, 9.17) is 9.26 Å². The van der Waals surface area contributed by atoms with Gasteiger partial charge in [-0.15, -0.1) is 12.4 Å². The standard InChI is InChI=1S/C15H17O4P.ClH.2H2O/c16-20(17,13-18-15-9-5-2-6-10-15)19-12-11-14-7-3-1-4-8-14;;;/h1-10H,11-13H2,(H,16,17);1H;2*1H2. The molecule has 0 amide bonds. The molecule has 0 fully saturated rings. The number of hydrogen-bond acceptors (Lipinski definition) is 3. The zero-order valence-corrected chi connectivity index (χ0v) is 14.1. The average Bonchev–Trinajstić information content (AvgIpc) is 2.47. The minimum absolute atomic E-state index is 0. The van der Waals surface area contributed by atoms with E-state index in [-0.39, 0.29) is 36.3 Å². The Morgan fingerprint density at radius 1 is 0.913 bits per heavy atom. The quantitative estimate of drug-likeness (QED) is 0.757. The second kappa shape index (κ2) is 12.1. The third-order valence-corrected chi connectivity index (χ3v) is 3.71. The molecule has 1 atom stereocenters. The normalized spacial score (nSPS) is 11.9. The molecule has 130 valence electrons. The molecule has 0 saturated heterocycles. The van der Waals surface area contributed by atoms with Gasteiger partial charge in [0.05, 0.1) is 6.61 Å². The fourth-order valence-corrected chi connectivity index (χ4v) is 2.42. The monoisotopic (exact) mass is 364 g/mol. The Morgan fingerprint density at radius 3 is 2.00 bits per heavy atom. The van der Waals surface area contributed by atoms with Crippen molar-refractivity contribution in [3.05, 3.63) is 66.2 Å². The van der Waals surface area contributed by atoms with E-state index < -0.39 is 7.60 Å². The molecule has 0 bridgehead atoms. The van der Waals surface area contributed by atoms with Gasteiger partial charge in [0.1, 0.15) is 5.75 Å². The Hall–Kier alpha value is -1.40. The highest BCUT2D eigenvalue weighted by Crippen LogP contribution is 2.41. The highest BCUT2D eigenvalue weighted by molar-refractivity contribution is 7.52. The van der Waals surface area contributed by atoms with Gasteiger partial charge in [0, 0.05) is 0 Å². The summed E-state index contributed by atoms with van der Waals surface area (Å²) < 4.78 is 22.1. The zero-order valence-electron chi connectivity index (χ0n) is 12.4. The Kier molecular flexibility index (Phi) is 12.5. The predicted molar refractivity (Wildman–Crippen MR) is 92.3 cm³/mol. The summed E-state index contributed by atoms with van der Waals surface area (Å²) >= 11 is 0. The molecule has 2 aromatic rings. The molecule has 0 radical (unpaired) electrons. The van der Waals surface area contributed by atoms with Crippen molar-refractivity contribution in [3.8, 4) is 5.75 Å². The first-order valence-electron chi connectivity index (χ1n) is 6.34. The third kappa shape index (κ3) is 9.36. The third-order valence-electron chi connectivity index (χ3n) is 2.66. The van der Waals surface area contributed by atoms with Crippen LogP contribution in [-0.2, 0) is 15.5 Å². The molecule has 6 nitrogen and oxygen atoms in total. The molecule has 0 aromatic heterocycles. The smallest absolute Gasteiger partial charge is 0.365 e. The predicted octanol–water partition coefficient (Wildman–Crippen LogP) is 2.24. The lowest BCUT2D eigenvalue weighted by Gasteiger charge is -2.13. The maximum atomic E-state index is 11.8. The molecule has 2 aromatic carbocycles. The van der Waals surface area contributed by atoms with Crippen LogP contribution in [0.1, 0.15) is 5.56 Å². The van der Waals surface area contributed by atoms with E-state index in [1.54, 1.807) is 24.3 Å². The highest BCUT2D eigenvalue weighted by atomic mass is 35.5. The van der Waals surface area contributed by atoms with Crippen LogP contribution in [0.2, 0.25) is 0 Å². The number of ether oxygens (including phenoxy) is 1. The van der Waals surface area contributed by atoms with Crippen LogP contribution >= 0.6 is 20.0 Å². The maximum Gasteiger partial charge on any atom is 0.365 e. The topological polar surface area (TPSA) is 119 Å². The van der Waals surface area contributed by atoms with E-state index in [1.807, 2.05) is 36.4 Å². The second-order valence-electron chi connectivity index (χ2n) is 4.29. The highest BCUT2D eigenvalue weighted by Gasteiger charge is 2.20. The van der Waals surface area contributed by atoms with Crippen LogP contribution in [0.15, 0.2) is 60.7 Å². The summed E-state index contributed by atoms with van der Waals surface area (Å²) in [6.45, 7) is 0.190. The van der Waals surface area contributed by atoms with Crippen LogP contribution in [0.4, 0.5) is 0 Å². The van der Waals surface area contributed by atoms with E-state index in [9.17, 15) is 9.46 Å². The second-order valence-corrected chi connectivity index (χ2v) is 6.08. The number of para-hydroxylation sites is 1. The van der Waals surface area contributed by atoms with Gasteiger partial charge in [-0.3, -0.25) is 4.57 Å². The van der Waals surface area contributed by atoms with Crippen molar-refractivity contribution >= 4 is 20.0 Å². The fourth-order valence-electron chi connectivity index (χ4n) is 1.66. The summed E-state index contributed by atoms with van der Waals surface area (Å²) in [5.74, 6) is 0.549. The van der Waals surface area contributed by atoms with Gasteiger partial charge in [-0.2, -0.15) is 0 Å². The fraction of sp³-hybridized carbons (Fsp3) is 0.200. The molecule has 0 saturated carbocycles. The molecule has 5 N–H and O–H groups in total. The molecular weight excluding hydrogens is 343 g/mol. The minimum atomic E-state index is -3.72. The van der Waals surface area contributed by atoms with Crippen molar-refractivity contribution in [1.29, 1.82) is 0 Å². The molecule has 23 heavy (non-hydrogen) atoms. The van der Waals surface area contributed by atoms with E-state index in [0.717, 1.165) is 5.56 Å². The van der Waals surface area contributed by atoms with Crippen LogP contribution in [0, 0.1) is 0 Å². The van der Waals surface area contributed by atoms with E-state index in [0.29, 0.717) is 12.2 Å². The van der Waals surface area contributed by atoms with Gasteiger partial charge in [-0.25, -0.2) is 0 Å². The number of rotatable bonds is 7. The zero-order chi connectivity index (χ0) is 14.3. The van der Waals surface area contributed by atoms with Crippen LogP contribution in [0.3, 0.4) is 0 Å². The Morgan fingerprint density at radius 2 is 1.43 bits per heavy atom. The van der Waals surface area contributed by atoms with Crippen molar-refractivity contribution in [1.82, 2.24) is 0 Å². The summed E-state index contributed by atoms with van der Waals surface area (Å²) in [6, 6.07) is 18.6. The van der Waals surface area contributed by atoms with Gasteiger partial charge in [-0.05, 0) is 24.1 Å². The van der Waals surface area contributed by atoms with Crippen molar-refractivity contribution in [3.63, 3.8) is 0 Å². The Labute approximate surface area is 141 Å². The van der Waals surface area contributed by atoms with Gasteiger partial charge in [-0.1, -0.05) is 48.5 Å². The van der Waals surface area contributed by atoms with Gasteiger partial charge in [0.2, 0.25) is 0 Å². The molecular formula is C15H22ClO6P. The van der Waals surface area contributed by atoms with Gasteiger partial charge in [0.15, 0.2) is 6.35 Å². The van der Waals surface area contributed by atoms with Crippen LogP contribution < -0.4 is 4.74 Å². The summed E-state index contributed by atoms with van der Waals surface area (Å²) in [7, 11) is -3.72. The molecule has 0 aliphatic heterocycles. The average molecular weight is 365 g/mol. The van der Waals surface area contributed by atoms with Gasteiger partial charge < -0.3 is 25.1 Å². The van der Waals surface area contributed by atoms with Gasteiger partial charge in [0.25, 0.3) is 0 Å². The summed E-state index contributed by atoms with van der Waals surface area (Å²) in [5.41, 5.74) is 1.07. The summed E-state index contributed by atoms with van der Waals surface area (Å²) in [5, 5.41) is 0. The number of halogens is 1. The van der Waals surface area contributed by atoms with E-state index in [2.05, 4.69) is 0 Å². The molecule has 0 aliphatic carbocycles. The van der Waals surface area contributed by atoms with Crippen molar-refractivity contribution in [2.75, 3.05) is 13.0 Å². The minimum Gasteiger partial charge on any atom is -0.481 e. The van der Waals surface area contributed by atoms with Crippen molar-refractivity contribution < 1.29 is 29.7 Å². The number of benzene rings is 2. The van der Waals surface area contributed by atoms with Gasteiger partial charge >= 0.3 is 7.60 Å². The van der Waals surface area contributed by atoms with Crippen LogP contribution in [0.5, 0.6) is 5.75 Å². The number of hydrogen-bond donors (Lipinski definition) is 1. The first-order chi connectivity index (χ1) is 9.66. The molecule has 2 rings (SSSR count). The van der Waals surface area contributed by atoms with Crippen molar-refractivity contribution in [2.24, 2.45) is 0 Å². The van der Waals surface area contributed by atoms with Crippen molar-refractivity contribution in [2.45, 2.75) is 6.42 Å². The van der Waals surface area contributed by atoms with Crippen LogP contribution in [-0.4, -0.2) is 28.8 Å². The SMILES string of the molecule is Cl.O.O.O=P(O)(COc1ccccc1)OCCc1ccccc1.